The van der Waals surface area contributed by atoms with E-state index in [1.165, 1.54) is 116 Å². The monoisotopic (exact) mass is 755 g/mol. The lowest BCUT2D eigenvalue weighted by atomic mass is 9.44. The fraction of sp³-hybridized carbons (Fsp3) is 0.870. The molecular formula is C46H78N2O6. The molecule has 0 aliphatic heterocycles. The van der Waals surface area contributed by atoms with Crippen LogP contribution in [0.1, 0.15) is 188 Å². The van der Waals surface area contributed by atoms with Crippen LogP contribution in [0.5, 0.6) is 0 Å². The molecule has 3 N–H and O–H groups in total. The van der Waals surface area contributed by atoms with Crippen LogP contribution in [-0.4, -0.2) is 58.0 Å². The van der Waals surface area contributed by atoms with E-state index in [2.05, 4.69) is 45.2 Å². The van der Waals surface area contributed by atoms with Crippen molar-refractivity contribution >= 4 is 23.8 Å². The van der Waals surface area contributed by atoms with Crippen LogP contribution in [0.15, 0.2) is 12.2 Å². The van der Waals surface area contributed by atoms with Crippen molar-refractivity contribution in [1.29, 1.82) is 0 Å². The van der Waals surface area contributed by atoms with Gasteiger partial charge in [0.25, 0.3) is 0 Å². The number of aliphatic carboxylic acids is 2. The molecule has 0 heterocycles. The highest BCUT2D eigenvalue weighted by atomic mass is 16.4. The summed E-state index contributed by atoms with van der Waals surface area (Å²) in [5.74, 6) is 1.24. The third kappa shape index (κ3) is 12.3. The van der Waals surface area contributed by atoms with Gasteiger partial charge in [0.05, 0.1) is 0 Å². The van der Waals surface area contributed by atoms with E-state index in [4.69, 9.17) is 0 Å². The molecule has 4 aliphatic carbocycles. The number of hydrogen-bond donors (Lipinski definition) is 3. The number of nitrogens with one attached hydrogen (secondary N) is 1. The molecule has 8 nitrogen and oxygen atoms in total. The Bertz CT molecular complexity index is 1220. The molecule has 0 radical (unpaired) electrons. The number of carbonyl (C=O) groups is 4. The minimum atomic E-state index is -1.19. The Kier molecular flexibility index (Phi) is 17.9. The summed E-state index contributed by atoms with van der Waals surface area (Å²) < 4.78 is 0. The van der Waals surface area contributed by atoms with Crippen molar-refractivity contribution < 1.29 is 29.4 Å². The quantitative estimate of drug-likeness (QED) is 0.0666. The Morgan fingerprint density at radius 3 is 1.96 bits per heavy atom. The number of allylic oxidation sites excluding steroid dienone is 2. The van der Waals surface area contributed by atoms with Crippen molar-refractivity contribution in [3.63, 3.8) is 0 Å². The van der Waals surface area contributed by atoms with Crippen molar-refractivity contribution in [1.82, 2.24) is 10.2 Å². The third-order valence-electron chi connectivity index (χ3n) is 15.3. The van der Waals surface area contributed by atoms with Gasteiger partial charge in [0, 0.05) is 18.9 Å². The largest absolute Gasteiger partial charge is 0.480 e. The molecular weight excluding hydrogens is 677 g/mol. The number of carboxylic acids is 2. The van der Waals surface area contributed by atoms with Crippen molar-refractivity contribution in [2.45, 2.75) is 194 Å². The molecule has 0 spiro atoms. The summed E-state index contributed by atoms with van der Waals surface area (Å²) in [4.78, 5) is 49.3. The molecule has 9 atom stereocenters. The van der Waals surface area contributed by atoms with Gasteiger partial charge in [-0.25, -0.2) is 0 Å². The standard InChI is InChI=1S/C46H78N2O6/c1-5-6-7-8-9-10-11-12-13-14-15-16-17-18-19-20-41(49)47-36-27-29-45(3)35(31-36)22-23-37-39-25-24-38(46(39,4)30-28-40(37)45)34(2)21-26-42(50)48(32-43(51)52)33-44(53)54/h12-13,34-40H,5-11,14-33H2,1-4H3,(H,47,49)(H,51,52)(H,53,54)/t34-,35?,36+,37?,38-,39?,40?,45+,46-/m1/s1. The molecule has 4 unspecified atom stereocenters. The van der Waals surface area contributed by atoms with E-state index in [1.807, 2.05) is 0 Å². The van der Waals surface area contributed by atoms with Crippen molar-refractivity contribution in [3.05, 3.63) is 12.2 Å². The first-order chi connectivity index (χ1) is 25.9. The minimum absolute atomic E-state index is 0.194. The molecule has 0 aromatic heterocycles. The van der Waals surface area contributed by atoms with E-state index >= 15 is 0 Å². The molecule has 308 valence electrons. The summed E-state index contributed by atoms with van der Waals surface area (Å²) in [6, 6.07) is 0.324. The minimum Gasteiger partial charge on any atom is -0.480 e. The van der Waals surface area contributed by atoms with Crippen molar-refractivity contribution in [3.8, 4) is 0 Å². The molecule has 4 saturated carbocycles. The molecule has 4 fully saturated rings. The van der Waals surface area contributed by atoms with Crippen LogP contribution >= 0.6 is 0 Å². The average molecular weight is 755 g/mol. The Hall–Kier alpha value is -2.38. The van der Waals surface area contributed by atoms with E-state index in [1.54, 1.807) is 0 Å². The summed E-state index contributed by atoms with van der Waals surface area (Å²) in [6.45, 7) is 8.48. The third-order valence-corrected chi connectivity index (χ3v) is 15.3. The Balaban J connectivity index is 1.14. The summed E-state index contributed by atoms with van der Waals surface area (Å²) in [5.41, 5.74) is 0.604. The summed E-state index contributed by atoms with van der Waals surface area (Å²) in [7, 11) is 0. The first kappa shape index (κ1) is 44.3. The normalized spacial score (nSPS) is 31.0. The highest BCUT2D eigenvalue weighted by Gasteiger charge is 2.60. The number of amides is 2. The molecule has 2 amide bonds. The van der Waals surface area contributed by atoms with Gasteiger partial charge in [-0.05, 0) is 143 Å². The number of unbranched alkanes of at least 4 members (excludes halogenated alkanes) is 11. The average Bonchev–Trinajstić information content (AvgIpc) is 3.49. The fourth-order valence-corrected chi connectivity index (χ4v) is 12.3. The lowest BCUT2D eigenvalue weighted by Gasteiger charge is -2.61. The van der Waals surface area contributed by atoms with Crippen LogP contribution in [0.4, 0.5) is 0 Å². The van der Waals surface area contributed by atoms with Crippen LogP contribution in [0.2, 0.25) is 0 Å². The van der Waals surface area contributed by atoms with E-state index in [9.17, 15) is 29.4 Å². The second-order valence-electron chi connectivity index (χ2n) is 18.8. The van der Waals surface area contributed by atoms with Crippen LogP contribution in [0.25, 0.3) is 0 Å². The number of hydrogen-bond acceptors (Lipinski definition) is 4. The lowest BCUT2D eigenvalue weighted by molar-refractivity contribution is -0.149. The Morgan fingerprint density at radius 1 is 0.722 bits per heavy atom. The number of carboxylic acid groups (broad SMARTS) is 2. The number of carbonyl (C=O) groups excluding carboxylic acids is 2. The molecule has 0 saturated heterocycles. The predicted molar refractivity (Wildman–Crippen MR) is 217 cm³/mol. The molecule has 54 heavy (non-hydrogen) atoms. The van der Waals surface area contributed by atoms with Crippen LogP contribution in [0, 0.1) is 46.3 Å². The van der Waals surface area contributed by atoms with Gasteiger partial charge >= 0.3 is 11.9 Å². The van der Waals surface area contributed by atoms with Gasteiger partial charge in [0.15, 0.2) is 0 Å². The molecule has 0 bridgehead atoms. The molecule has 4 rings (SSSR count). The van der Waals surface area contributed by atoms with Crippen LogP contribution in [0.3, 0.4) is 0 Å². The Labute approximate surface area is 328 Å². The fourth-order valence-electron chi connectivity index (χ4n) is 12.3. The Morgan fingerprint density at radius 2 is 1.31 bits per heavy atom. The molecule has 0 aromatic rings. The zero-order valence-corrected chi connectivity index (χ0v) is 34.8. The van der Waals surface area contributed by atoms with Gasteiger partial charge in [-0.15, -0.1) is 0 Å². The second-order valence-corrected chi connectivity index (χ2v) is 18.8. The maximum absolute atomic E-state index is 13.0. The smallest absolute Gasteiger partial charge is 0.323 e. The number of fused-ring (bicyclic) bond motifs is 5. The summed E-state index contributed by atoms with van der Waals surface area (Å²) in [5, 5.41) is 21.8. The van der Waals surface area contributed by atoms with Crippen LogP contribution in [-0.2, 0) is 19.2 Å². The van der Waals surface area contributed by atoms with E-state index < -0.39 is 25.0 Å². The predicted octanol–water partition coefficient (Wildman–Crippen LogP) is 10.6. The van der Waals surface area contributed by atoms with Gasteiger partial charge in [0.1, 0.15) is 13.1 Å². The van der Waals surface area contributed by atoms with Gasteiger partial charge in [-0.3, -0.25) is 19.2 Å². The molecule has 8 heteroatoms. The van der Waals surface area contributed by atoms with E-state index in [0.29, 0.717) is 48.0 Å². The maximum Gasteiger partial charge on any atom is 0.323 e. The van der Waals surface area contributed by atoms with Crippen molar-refractivity contribution in [2.24, 2.45) is 46.3 Å². The van der Waals surface area contributed by atoms with Gasteiger partial charge in [-0.2, -0.15) is 0 Å². The number of nitrogens with zero attached hydrogens (tertiary/aromatic N) is 1. The summed E-state index contributed by atoms with van der Waals surface area (Å²) in [6.07, 6.45) is 33.7. The number of rotatable bonds is 24. The zero-order chi connectivity index (χ0) is 39.1. The van der Waals surface area contributed by atoms with Gasteiger partial charge in [-0.1, -0.05) is 91.2 Å². The molecule has 4 aliphatic rings. The highest BCUT2D eigenvalue weighted by Crippen LogP contribution is 2.68. The molecule has 0 aromatic carbocycles. The van der Waals surface area contributed by atoms with Crippen LogP contribution < -0.4 is 5.32 Å². The first-order valence-corrected chi connectivity index (χ1v) is 22.5. The zero-order valence-electron chi connectivity index (χ0n) is 34.8. The highest BCUT2D eigenvalue weighted by molar-refractivity contribution is 5.85. The second kappa shape index (κ2) is 21.8. The van der Waals surface area contributed by atoms with E-state index in [0.717, 1.165) is 42.4 Å². The SMILES string of the molecule is CCCCCCCCC=CCCCCCCCC(=O)N[C@H]1CC[C@@]2(C)C(CCC3C2CC[C@@]2(C)C3CC[C@@H]2[C@H](C)CCC(=O)N(CC(=O)O)CC(=O)O)C1. The van der Waals surface area contributed by atoms with Crippen molar-refractivity contribution in [2.75, 3.05) is 13.1 Å². The first-order valence-electron chi connectivity index (χ1n) is 22.5. The topological polar surface area (TPSA) is 124 Å². The maximum atomic E-state index is 13.0. The lowest BCUT2D eigenvalue weighted by Crippen LogP contribution is -2.55. The van der Waals surface area contributed by atoms with Gasteiger partial charge < -0.3 is 20.4 Å². The van der Waals surface area contributed by atoms with E-state index in [-0.39, 0.29) is 23.7 Å². The van der Waals surface area contributed by atoms with Gasteiger partial charge in [0.2, 0.25) is 11.8 Å². The summed E-state index contributed by atoms with van der Waals surface area (Å²) >= 11 is 0.